The van der Waals surface area contributed by atoms with E-state index in [0.29, 0.717) is 16.9 Å². The SMILES string of the molecule is O=C(c1cccc(F)c1)c1ccc(=O)n2c1N[C@@H]1CCCC[C@H]12. The van der Waals surface area contributed by atoms with Gasteiger partial charge in [-0.1, -0.05) is 25.0 Å². The first kappa shape index (κ1) is 14.2. The number of aromatic nitrogens is 1. The van der Waals surface area contributed by atoms with E-state index in [1.54, 1.807) is 16.7 Å². The largest absolute Gasteiger partial charge is 0.366 e. The molecule has 2 aliphatic rings. The quantitative estimate of drug-likeness (QED) is 0.867. The number of fused-ring (bicyclic) bond motifs is 3. The smallest absolute Gasteiger partial charge is 0.252 e. The van der Waals surface area contributed by atoms with E-state index in [0.717, 1.165) is 25.7 Å². The number of hydrogen-bond acceptors (Lipinski definition) is 3. The Morgan fingerprint density at radius 2 is 2.00 bits per heavy atom. The molecule has 1 N–H and O–H groups in total. The normalized spacial score (nSPS) is 22.1. The third kappa shape index (κ3) is 2.27. The number of benzene rings is 1. The fourth-order valence-corrected chi connectivity index (χ4v) is 3.76. The minimum atomic E-state index is -0.442. The number of anilines is 1. The number of rotatable bonds is 2. The second-order valence-corrected chi connectivity index (χ2v) is 6.25. The van der Waals surface area contributed by atoms with Crippen molar-refractivity contribution in [3.05, 3.63) is 63.7 Å². The summed E-state index contributed by atoms with van der Waals surface area (Å²) in [5, 5.41) is 3.36. The number of nitrogens with one attached hydrogen (secondary N) is 1. The molecular formula is C18H17FN2O2. The zero-order valence-electron chi connectivity index (χ0n) is 12.6. The van der Waals surface area contributed by atoms with Crippen molar-refractivity contribution in [2.75, 3.05) is 5.32 Å². The highest BCUT2D eigenvalue weighted by Crippen LogP contribution is 2.38. The predicted octanol–water partition coefficient (Wildman–Crippen LogP) is 3.13. The zero-order valence-corrected chi connectivity index (χ0v) is 12.6. The molecule has 0 saturated heterocycles. The third-order valence-corrected chi connectivity index (χ3v) is 4.84. The van der Waals surface area contributed by atoms with E-state index in [4.69, 9.17) is 0 Å². The van der Waals surface area contributed by atoms with Crippen molar-refractivity contribution < 1.29 is 9.18 Å². The number of carbonyl (C=O) groups excluding carboxylic acids is 1. The van der Waals surface area contributed by atoms with Gasteiger partial charge in [-0.3, -0.25) is 14.2 Å². The van der Waals surface area contributed by atoms with Crippen molar-refractivity contribution in [3.8, 4) is 0 Å². The topological polar surface area (TPSA) is 51.1 Å². The van der Waals surface area contributed by atoms with Crippen molar-refractivity contribution in [1.82, 2.24) is 4.57 Å². The van der Waals surface area contributed by atoms with E-state index in [9.17, 15) is 14.0 Å². The number of carbonyl (C=O) groups is 1. The van der Waals surface area contributed by atoms with Crippen LogP contribution in [0.1, 0.15) is 47.6 Å². The minimum absolute atomic E-state index is 0.0855. The highest BCUT2D eigenvalue weighted by Gasteiger charge is 2.36. The molecule has 4 rings (SSSR count). The Morgan fingerprint density at radius 3 is 2.83 bits per heavy atom. The number of nitrogens with zero attached hydrogens (tertiary/aromatic N) is 1. The maximum Gasteiger partial charge on any atom is 0.252 e. The second kappa shape index (κ2) is 5.33. The molecule has 2 aromatic rings. The maximum atomic E-state index is 13.4. The first-order valence-corrected chi connectivity index (χ1v) is 7.97. The minimum Gasteiger partial charge on any atom is -0.366 e. The molecule has 4 nitrogen and oxygen atoms in total. The molecular weight excluding hydrogens is 295 g/mol. The molecule has 0 radical (unpaired) electrons. The predicted molar refractivity (Wildman–Crippen MR) is 85.5 cm³/mol. The molecule has 0 amide bonds. The van der Waals surface area contributed by atoms with E-state index >= 15 is 0 Å². The van der Waals surface area contributed by atoms with Crippen molar-refractivity contribution in [2.24, 2.45) is 0 Å². The van der Waals surface area contributed by atoms with E-state index in [2.05, 4.69) is 5.32 Å². The lowest BCUT2D eigenvalue weighted by Gasteiger charge is -2.25. The lowest BCUT2D eigenvalue weighted by atomic mass is 9.91. The van der Waals surface area contributed by atoms with Crippen molar-refractivity contribution in [2.45, 2.75) is 37.8 Å². The van der Waals surface area contributed by atoms with Crippen LogP contribution in [-0.2, 0) is 0 Å². The molecule has 2 heterocycles. The van der Waals surface area contributed by atoms with Gasteiger partial charge in [0.25, 0.3) is 5.56 Å². The Balaban J connectivity index is 1.81. The summed E-state index contributed by atoms with van der Waals surface area (Å²) in [4.78, 5) is 25.0. The summed E-state index contributed by atoms with van der Waals surface area (Å²) in [5.74, 6) is -0.120. The summed E-state index contributed by atoms with van der Waals surface area (Å²) in [6.45, 7) is 0. The van der Waals surface area contributed by atoms with E-state index in [1.165, 1.54) is 24.3 Å². The Kier molecular flexibility index (Phi) is 3.29. The van der Waals surface area contributed by atoms with Crippen LogP contribution in [0.25, 0.3) is 0 Å². The van der Waals surface area contributed by atoms with Gasteiger partial charge in [0.1, 0.15) is 11.6 Å². The Bertz CT molecular complexity index is 843. The average molecular weight is 312 g/mol. The van der Waals surface area contributed by atoms with Crippen LogP contribution in [0.15, 0.2) is 41.2 Å². The van der Waals surface area contributed by atoms with Crippen LogP contribution < -0.4 is 10.9 Å². The van der Waals surface area contributed by atoms with E-state index < -0.39 is 5.82 Å². The molecule has 1 fully saturated rings. The van der Waals surface area contributed by atoms with Gasteiger partial charge in [-0.05, 0) is 31.0 Å². The van der Waals surface area contributed by atoms with Gasteiger partial charge in [-0.25, -0.2) is 4.39 Å². The molecule has 0 bridgehead atoms. The fourth-order valence-electron chi connectivity index (χ4n) is 3.76. The third-order valence-electron chi connectivity index (χ3n) is 4.84. The van der Waals surface area contributed by atoms with Crippen LogP contribution in [0.4, 0.5) is 10.2 Å². The lowest BCUT2D eigenvalue weighted by Crippen LogP contribution is -2.29. The molecule has 0 spiro atoms. The van der Waals surface area contributed by atoms with Crippen LogP contribution >= 0.6 is 0 Å². The van der Waals surface area contributed by atoms with Gasteiger partial charge in [-0.2, -0.15) is 0 Å². The number of ketones is 1. The number of halogens is 1. The van der Waals surface area contributed by atoms with Crippen LogP contribution in [0.2, 0.25) is 0 Å². The zero-order chi connectivity index (χ0) is 16.0. The summed E-state index contributed by atoms with van der Waals surface area (Å²) in [5.41, 5.74) is 0.644. The highest BCUT2D eigenvalue weighted by molar-refractivity contribution is 6.12. The van der Waals surface area contributed by atoms with Gasteiger partial charge in [-0.15, -0.1) is 0 Å². The Labute approximate surface area is 132 Å². The van der Waals surface area contributed by atoms with Crippen LogP contribution in [0.3, 0.4) is 0 Å². The summed E-state index contributed by atoms with van der Waals surface area (Å²) in [6.07, 6.45) is 4.17. The van der Waals surface area contributed by atoms with Crippen LogP contribution in [0, 0.1) is 5.82 Å². The molecule has 1 aliphatic heterocycles. The fraction of sp³-hybridized carbons (Fsp3) is 0.333. The van der Waals surface area contributed by atoms with Crippen molar-refractivity contribution in [3.63, 3.8) is 0 Å². The molecule has 1 aliphatic carbocycles. The molecule has 1 aromatic heterocycles. The lowest BCUT2D eigenvalue weighted by molar-refractivity contribution is 0.103. The van der Waals surface area contributed by atoms with Crippen LogP contribution in [-0.4, -0.2) is 16.4 Å². The molecule has 118 valence electrons. The average Bonchev–Trinajstić information content (AvgIpc) is 2.95. The molecule has 0 unspecified atom stereocenters. The Hall–Kier alpha value is -2.43. The van der Waals surface area contributed by atoms with E-state index in [1.807, 2.05) is 0 Å². The van der Waals surface area contributed by atoms with Crippen LogP contribution in [0.5, 0.6) is 0 Å². The first-order valence-electron chi connectivity index (χ1n) is 7.97. The number of pyridine rings is 1. The molecule has 5 heteroatoms. The summed E-state index contributed by atoms with van der Waals surface area (Å²) >= 11 is 0. The monoisotopic (exact) mass is 312 g/mol. The van der Waals surface area contributed by atoms with Gasteiger partial charge in [0, 0.05) is 17.7 Å². The molecule has 23 heavy (non-hydrogen) atoms. The number of hydrogen-bond donors (Lipinski definition) is 1. The summed E-state index contributed by atoms with van der Waals surface area (Å²) in [7, 11) is 0. The van der Waals surface area contributed by atoms with Gasteiger partial charge in [0.2, 0.25) is 0 Å². The van der Waals surface area contributed by atoms with Crippen molar-refractivity contribution in [1.29, 1.82) is 0 Å². The maximum absolute atomic E-state index is 13.4. The first-order chi connectivity index (χ1) is 11.1. The molecule has 2 atom stereocenters. The standard InChI is InChI=1S/C18H17FN2O2/c19-12-5-3-4-11(10-12)17(23)13-8-9-16(22)21-15-7-2-1-6-14(15)20-18(13)21/h3-5,8-10,14-15,20H,1-2,6-7H2/t14-,15-/m1/s1. The summed E-state index contributed by atoms with van der Waals surface area (Å²) in [6, 6.07) is 8.96. The second-order valence-electron chi connectivity index (χ2n) is 6.25. The molecule has 1 aromatic carbocycles. The molecule has 1 saturated carbocycles. The highest BCUT2D eigenvalue weighted by atomic mass is 19.1. The van der Waals surface area contributed by atoms with Gasteiger partial charge >= 0.3 is 0 Å². The van der Waals surface area contributed by atoms with E-state index in [-0.39, 0.29) is 23.4 Å². The van der Waals surface area contributed by atoms with Gasteiger partial charge in [0.15, 0.2) is 5.78 Å². The Morgan fingerprint density at radius 1 is 1.17 bits per heavy atom. The van der Waals surface area contributed by atoms with Gasteiger partial charge in [0.05, 0.1) is 11.6 Å². The summed E-state index contributed by atoms with van der Waals surface area (Å²) < 4.78 is 15.1. The van der Waals surface area contributed by atoms with Crippen molar-refractivity contribution >= 4 is 11.6 Å². The van der Waals surface area contributed by atoms with Gasteiger partial charge < -0.3 is 5.32 Å².